The highest BCUT2D eigenvalue weighted by molar-refractivity contribution is 5.75. The zero-order valence-electron chi connectivity index (χ0n) is 12.3. The van der Waals surface area contributed by atoms with E-state index in [0.717, 1.165) is 18.5 Å². The van der Waals surface area contributed by atoms with Gasteiger partial charge in [0, 0.05) is 12.0 Å². The van der Waals surface area contributed by atoms with Crippen LogP contribution in [0.3, 0.4) is 0 Å². The highest BCUT2D eigenvalue weighted by Gasteiger charge is 2.31. The summed E-state index contributed by atoms with van der Waals surface area (Å²) in [4.78, 5) is 11.8. The van der Waals surface area contributed by atoms with Crippen molar-refractivity contribution in [3.05, 3.63) is 35.6 Å². The first-order valence-corrected chi connectivity index (χ1v) is 7.04. The molecule has 1 N–H and O–H groups in total. The monoisotopic (exact) mass is 279 g/mol. The number of hydrogen-bond acceptors (Lipinski definition) is 3. The first-order valence-electron chi connectivity index (χ1n) is 7.04. The SMILES string of the molecule is CC(C)(C)C(=O)OCC1NCCC1c1ccc(F)cc1. The molecule has 0 aromatic heterocycles. The van der Waals surface area contributed by atoms with Crippen molar-refractivity contribution in [1.29, 1.82) is 0 Å². The van der Waals surface area contributed by atoms with Crippen LogP contribution in [0.5, 0.6) is 0 Å². The van der Waals surface area contributed by atoms with Crippen molar-refractivity contribution in [1.82, 2.24) is 5.32 Å². The summed E-state index contributed by atoms with van der Waals surface area (Å²) < 4.78 is 18.4. The summed E-state index contributed by atoms with van der Waals surface area (Å²) in [5, 5.41) is 3.36. The molecule has 1 aromatic carbocycles. The highest BCUT2D eigenvalue weighted by atomic mass is 19.1. The number of benzene rings is 1. The quantitative estimate of drug-likeness (QED) is 0.865. The van der Waals surface area contributed by atoms with E-state index in [0.29, 0.717) is 6.61 Å². The van der Waals surface area contributed by atoms with Crippen molar-refractivity contribution in [2.24, 2.45) is 5.41 Å². The number of carbonyl (C=O) groups is 1. The number of carbonyl (C=O) groups excluding carboxylic acids is 1. The lowest BCUT2D eigenvalue weighted by Crippen LogP contribution is -2.34. The molecule has 0 radical (unpaired) electrons. The highest BCUT2D eigenvalue weighted by Crippen LogP contribution is 2.28. The van der Waals surface area contributed by atoms with Crippen LogP contribution in [0.1, 0.15) is 38.7 Å². The molecule has 0 aliphatic carbocycles. The molecule has 0 saturated carbocycles. The Kier molecular flexibility index (Phi) is 4.43. The van der Waals surface area contributed by atoms with Crippen LogP contribution in [0.2, 0.25) is 0 Å². The molecule has 0 bridgehead atoms. The molecule has 1 aromatic rings. The number of nitrogens with one attached hydrogen (secondary N) is 1. The van der Waals surface area contributed by atoms with Gasteiger partial charge >= 0.3 is 5.97 Å². The van der Waals surface area contributed by atoms with E-state index >= 15 is 0 Å². The summed E-state index contributed by atoms with van der Waals surface area (Å²) in [5.41, 5.74) is 0.609. The normalized spacial score (nSPS) is 22.8. The van der Waals surface area contributed by atoms with Crippen LogP contribution < -0.4 is 5.32 Å². The lowest BCUT2D eigenvalue weighted by Gasteiger charge is -2.23. The van der Waals surface area contributed by atoms with Gasteiger partial charge in [0.25, 0.3) is 0 Å². The van der Waals surface area contributed by atoms with Crippen molar-refractivity contribution < 1.29 is 13.9 Å². The summed E-state index contributed by atoms with van der Waals surface area (Å²) in [5.74, 6) is -0.150. The molecule has 110 valence electrons. The number of rotatable bonds is 3. The van der Waals surface area contributed by atoms with Gasteiger partial charge in [0.2, 0.25) is 0 Å². The summed E-state index contributed by atoms with van der Waals surface area (Å²) in [7, 11) is 0. The Morgan fingerprint density at radius 1 is 1.35 bits per heavy atom. The molecule has 1 aliphatic heterocycles. The molecular formula is C16H22FNO2. The molecule has 1 saturated heterocycles. The topological polar surface area (TPSA) is 38.3 Å². The summed E-state index contributed by atoms with van der Waals surface area (Å²) in [6, 6.07) is 6.68. The summed E-state index contributed by atoms with van der Waals surface area (Å²) in [6.07, 6.45) is 0.976. The largest absolute Gasteiger partial charge is 0.464 e. The summed E-state index contributed by atoms with van der Waals surface area (Å²) >= 11 is 0. The Morgan fingerprint density at radius 2 is 2.00 bits per heavy atom. The Hall–Kier alpha value is -1.42. The number of halogens is 1. The molecule has 1 aliphatic rings. The van der Waals surface area contributed by atoms with Gasteiger partial charge in [-0.15, -0.1) is 0 Å². The second-order valence-electron chi connectivity index (χ2n) is 6.36. The van der Waals surface area contributed by atoms with E-state index in [1.54, 1.807) is 0 Å². The number of ether oxygens (including phenoxy) is 1. The van der Waals surface area contributed by atoms with E-state index < -0.39 is 5.41 Å². The molecule has 1 fully saturated rings. The van der Waals surface area contributed by atoms with Crippen LogP contribution in [-0.4, -0.2) is 25.2 Å². The molecule has 3 nitrogen and oxygen atoms in total. The van der Waals surface area contributed by atoms with E-state index in [9.17, 15) is 9.18 Å². The van der Waals surface area contributed by atoms with Crippen molar-refractivity contribution in [3.8, 4) is 0 Å². The third-order valence-corrected chi connectivity index (χ3v) is 3.65. The minimum absolute atomic E-state index is 0.103. The van der Waals surface area contributed by atoms with Gasteiger partial charge in [-0.1, -0.05) is 12.1 Å². The van der Waals surface area contributed by atoms with Crippen molar-refractivity contribution in [2.45, 2.75) is 39.2 Å². The lowest BCUT2D eigenvalue weighted by atomic mass is 9.92. The Balaban J connectivity index is 1.98. The van der Waals surface area contributed by atoms with Crippen LogP contribution in [-0.2, 0) is 9.53 Å². The average Bonchev–Trinajstić information content (AvgIpc) is 2.84. The van der Waals surface area contributed by atoms with Gasteiger partial charge in [0.05, 0.1) is 5.41 Å². The standard InChI is InChI=1S/C16H22FNO2/c1-16(2,3)15(19)20-10-14-13(8-9-18-14)11-4-6-12(17)7-5-11/h4-7,13-14,18H,8-10H2,1-3H3. The first kappa shape index (κ1) is 15.0. The second-order valence-corrected chi connectivity index (χ2v) is 6.36. The second kappa shape index (κ2) is 5.92. The fraction of sp³-hybridized carbons (Fsp3) is 0.562. The van der Waals surface area contributed by atoms with Crippen LogP contribution in [0.4, 0.5) is 4.39 Å². The van der Waals surface area contributed by atoms with Crippen molar-refractivity contribution >= 4 is 5.97 Å². The zero-order valence-corrected chi connectivity index (χ0v) is 12.3. The minimum Gasteiger partial charge on any atom is -0.464 e. The molecule has 0 spiro atoms. The van der Waals surface area contributed by atoms with E-state index in [-0.39, 0.29) is 23.7 Å². The predicted octanol–water partition coefficient (Wildman–Crippen LogP) is 2.86. The van der Waals surface area contributed by atoms with Crippen LogP contribution in [0, 0.1) is 11.2 Å². The van der Waals surface area contributed by atoms with Gasteiger partial charge in [0.15, 0.2) is 0 Å². The Labute approximate surface area is 119 Å². The van der Waals surface area contributed by atoms with E-state index in [1.807, 2.05) is 32.9 Å². The van der Waals surface area contributed by atoms with E-state index in [2.05, 4.69) is 5.32 Å². The van der Waals surface area contributed by atoms with Gasteiger partial charge in [-0.3, -0.25) is 4.79 Å². The molecule has 2 atom stereocenters. The van der Waals surface area contributed by atoms with Gasteiger partial charge in [-0.25, -0.2) is 4.39 Å². The van der Waals surface area contributed by atoms with Gasteiger partial charge < -0.3 is 10.1 Å². The first-order chi connectivity index (χ1) is 9.38. The fourth-order valence-corrected chi connectivity index (χ4v) is 2.43. The molecule has 0 amide bonds. The molecule has 2 unspecified atom stereocenters. The Bertz CT molecular complexity index is 464. The maximum Gasteiger partial charge on any atom is 0.311 e. The molecule has 2 rings (SSSR count). The lowest BCUT2D eigenvalue weighted by molar-refractivity contribution is -0.153. The molecule has 4 heteroatoms. The average molecular weight is 279 g/mol. The molecular weight excluding hydrogens is 257 g/mol. The number of esters is 1. The number of hydrogen-bond donors (Lipinski definition) is 1. The molecule has 1 heterocycles. The minimum atomic E-state index is -0.482. The Morgan fingerprint density at radius 3 is 2.60 bits per heavy atom. The third kappa shape index (κ3) is 3.57. The van der Waals surface area contributed by atoms with Gasteiger partial charge in [-0.2, -0.15) is 0 Å². The maximum absolute atomic E-state index is 13.0. The maximum atomic E-state index is 13.0. The third-order valence-electron chi connectivity index (χ3n) is 3.65. The zero-order chi connectivity index (χ0) is 14.8. The van der Waals surface area contributed by atoms with Gasteiger partial charge in [0.1, 0.15) is 12.4 Å². The fourth-order valence-electron chi connectivity index (χ4n) is 2.43. The molecule has 20 heavy (non-hydrogen) atoms. The van der Waals surface area contributed by atoms with Crippen molar-refractivity contribution in [3.63, 3.8) is 0 Å². The smallest absolute Gasteiger partial charge is 0.311 e. The van der Waals surface area contributed by atoms with E-state index in [1.165, 1.54) is 12.1 Å². The van der Waals surface area contributed by atoms with E-state index in [4.69, 9.17) is 4.74 Å². The van der Waals surface area contributed by atoms with Crippen LogP contribution in [0.25, 0.3) is 0 Å². The summed E-state index contributed by atoms with van der Waals surface area (Å²) in [6.45, 7) is 6.77. The predicted molar refractivity (Wildman–Crippen MR) is 76.0 cm³/mol. The van der Waals surface area contributed by atoms with Crippen LogP contribution >= 0.6 is 0 Å². The van der Waals surface area contributed by atoms with Gasteiger partial charge in [-0.05, 0) is 51.4 Å². The van der Waals surface area contributed by atoms with Crippen LogP contribution in [0.15, 0.2) is 24.3 Å². The van der Waals surface area contributed by atoms with Crippen molar-refractivity contribution in [2.75, 3.05) is 13.2 Å².